The van der Waals surface area contributed by atoms with Crippen LogP contribution in [0.25, 0.3) is 10.2 Å². The Morgan fingerprint density at radius 2 is 2.08 bits per heavy atom. The minimum atomic E-state index is -0.286. The van der Waals surface area contributed by atoms with Crippen molar-refractivity contribution in [2.75, 3.05) is 23.3 Å². The number of fused-ring (bicyclic) bond motifs is 1. The summed E-state index contributed by atoms with van der Waals surface area (Å²) in [4.78, 5) is 32.1. The minimum absolute atomic E-state index is 0.0937. The van der Waals surface area contributed by atoms with Crippen LogP contribution >= 0.6 is 22.9 Å². The van der Waals surface area contributed by atoms with Crippen molar-refractivity contribution in [3.8, 4) is 0 Å². The molecule has 1 saturated heterocycles. The van der Waals surface area contributed by atoms with Crippen LogP contribution in [0, 0.1) is 0 Å². The first-order chi connectivity index (χ1) is 12.6. The van der Waals surface area contributed by atoms with Gasteiger partial charge >= 0.3 is 0 Å². The van der Waals surface area contributed by atoms with Gasteiger partial charge < -0.3 is 10.2 Å². The van der Waals surface area contributed by atoms with Gasteiger partial charge in [-0.05, 0) is 42.5 Å². The Hall–Kier alpha value is -2.38. The highest BCUT2D eigenvalue weighted by Crippen LogP contribution is 2.31. The average Bonchev–Trinajstić information content (AvgIpc) is 3.29. The molecule has 0 saturated carbocycles. The smallest absolute Gasteiger partial charge is 0.262 e. The van der Waals surface area contributed by atoms with E-state index in [1.807, 2.05) is 17.5 Å². The van der Waals surface area contributed by atoms with E-state index in [1.165, 1.54) is 22.2 Å². The van der Waals surface area contributed by atoms with E-state index in [2.05, 4.69) is 15.2 Å². The summed E-state index contributed by atoms with van der Waals surface area (Å²) >= 11 is 7.52. The molecule has 1 aliphatic rings. The third kappa shape index (κ3) is 3.32. The standard InChI is InChI=1S/C18H17ClN4O2S/c19-12-3-4-15(22-6-1-2-7-22)14(9-12)21-16(24)10-23-11-20-17-13(18(23)25)5-8-26-17/h3-5,8-9,11H,1-2,6-7,10H2,(H,21,24). The van der Waals surface area contributed by atoms with E-state index in [4.69, 9.17) is 11.6 Å². The molecule has 1 aliphatic heterocycles. The fourth-order valence-electron chi connectivity index (χ4n) is 3.19. The van der Waals surface area contributed by atoms with Crippen LogP contribution in [-0.2, 0) is 11.3 Å². The first-order valence-electron chi connectivity index (χ1n) is 8.39. The number of carbonyl (C=O) groups excluding carboxylic acids is 1. The van der Waals surface area contributed by atoms with Crippen molar-refractivity contribution in [1.29, 1.82) is 0 Å². The van der Waals surface area contributed by atoms with Crippen LogP contribution in [0.4, 0.5) is 11.4 Å². The zero-order valence-electron chi connectivity index (χ0n) is 13.9. The van der Waals surface area contributed by atoms with Gasteiger partial charge in [0.15, 0.2) is 0 Å². The second kappa shape index (κ2) is 7.09. The molecule has 6 nitrogen and oxygen atoms in total. The molecule has 3 heterocycles. The summed E-state index contributed by atoms with van der Waals surface area (Å²) in [5.41, 5.74) is 1.42. The van der Waals surface area contributed by atoms with Crippen LogP contribution in [0.3, 0.4) is 0 Å². The van der Waals surface area contributed by atoms with Crippen molar-refractivity contribution in [1.82, 2.24) is 9.55 Å². The maximum absolute atomic E-state index is 12.5. The van der Waals surface area contributed by atoms with Gasteiger partial charge in [-0.2, -0.15) is 0 Å². The maximum atomic E-state index is 12.5. The number of thiophene rings is 1. The summed E-state index contributed by atoms with van der Waals surface area (Å²) in [7, 11) is 0. The lowest BCUT2D eigenvalue weighted by Gasteiger charge is -2.22. The summed E-state index contributed by atoms with van der Waals surface area (Å²) in [6.07, 6.45) is 3.69. The lowest BCUT2D eigenvalue weighted by atomic mass is 10.2. The average molecular weight is 389 g/mol. The van der Waals surface area contributed by atoms with E-state index in [0.29, 0.717) is 20.9 Å². The predicted octanol–water partition coefficient (Wildman–Crippen LogP) is 3.35. The molecular weight excluding hydrogens is 372 g/mol. The number of amides is 1. The molecule has 2 aromatic heterocycles. The molecule has 1 aromatic carbocycles. The van der Waals surface area contributed by atoms with E-state index in [0.717, 1.165) is 31.6 Å². The van der Waals surface area contributed by atoms with Gasteiger partial charge in [0.2, 0.25) is 5.91 Å². The number of nitrogens with zero attached hydrogens (tertiary/aromatic N) is 3. The second-order valence-electron chi connectivity index (χ2n) is 6.22. The monoisotopic (exact) mass is 388 g/mol. The molecule has 26 heavy (non-hydrogen) atoms. The molecule has 8 heteroatoms. The number of halogens is 1. The highest BCUT2D eigenvalue weighted by molar-refractivity contribution is 7.16. The van der Waals surface area contributed by atoms with Crippen molar-refractivity contribution in [3.63, 3.8) is 0 Å². The zero-order valence-corrected chi connectivity index (χ0v) is 15.5. The Kier molecular flexibility index (Phi) is 4.65. The normalized spacial score (nSPS) is 14.1. The van der Waals surface area contributed by atoms with Crippen LogP contribution in [0.15, 0.2) is 40.8 Å². The van der Waals surface area contributed by atoms with Gasteiger partial charge in [-0.15, -0.1) is 11.3 Å². The van der Waals surface area contributed by atoms with Crippen LogP contribution in [0.5, 0.6) is 0 Å². The van der Waals surface area contributed by atoms with Crippen molar-refractivity contribution >= 4 is 50.4 Å². The van der Waals surface area contributed by atoms with Crippen molar-refractivity contribution < 1.29 is 4.79 Å². The SMILES string of the molecule is O=C(Cn1cnc2sccc2c1=O)Nc1cc(Cl)ccc1N1CCCC1. The van der Waals surface area contributed by atoms with Crippen LogP contribution < -0.4 is 15.8 Å². The topological polar surface area (TPSA) is 67.2 Å². The molecule has 0 aliphatic carbocycles. The van der Waals surface area contributed by atoms with Gasteiger partial charge in [-0.1, -0.05) is 11.6 Å². The second-order valence-corrected chi connectivity index (χ2v) is 7.55. The fourth-order valence-corrected chi connectivity index (χ4v) is 4.09. The molecule has 3 aromatic rings. The molecular formula is C18H17ClN4O2S. The largest absolute Gasteiger partial charge is 0.370 e. The van der Waals surface area contributed by atoms with E-state index in [1.54, 1.807) is 12.1 Å². The van der Waals surface area contributed by atoms with E-state index in [-0.39, 0.29) is 18.0 Å². The summed E-state index contributed by atoms with van der Waals surface area (Å²) in [5, 5.41) is 5.80. The minimum Gasteiger partial charge on any atom is -0.370 e. The molecule has 0 spiro atoms. The maximum Gasteiger partial charge on any atom is 0.262 e. The third-order valence-corrected chi connectivity index (χ3v) is 5.50. The fraction of sp³-hybridized carbons (Fsp3) is 0.278. The van der Waals surface area contributed by atoms with Gasteiger partial charge in [-0.25, -0.2) is 4.98 Å². The summed E-state index contributed by atoms with van der Waals surface area (Å²) in [6.45, 7) is 1.83. The van der Waals surface area contributed by atoms with Crippen LogP contribution in [-0.4, -0.2) is 28.5 Å². The van der Waals surface area contributed by atoms with E-state index >= 15 is 0 Å². The molecule has 0 radical (unpaired) electrons. The number of anilines is 2. The highest BCUT2D eigenvalue weighted by Gasteiger charge is 2.18. The summed E-state index contributed by atoms with van der Waals surface area (Å²) in [5.74, 6) is -0.286. The first-order valence-corrected chi connectivity index (χ1v) is 9.64. The van der Waals surface area contributed by atoms with Crippen molar-refractivity contribution in [3.05, 3.63) is 51.3 Å². The lowest BCUT2D eigenvalue weighted by Crippen LogP contribution is -2.28. The molecule has 1 amide bonds. The Morgan fingerprint density at radius 3 is 2.88 bits per heavy atom. The summed E-state index contributed by atoms with van der Waals surface area (Å²) in [6, 6.07) is 7.22. The number of benzene rings is 1. The molecule has 134 valence electrons. The molecule has 0 unspecified atom stereocenters. The lowest BCUT2D eigenvalue weighted by molar-refractivity contribution is -0.116. The predicted molar refractivity (Wildman–Crippen MR) is 105 cm³/mol. The third-order valence-electron chi connectivity index (χ3n) is 4.44. The Bertz CT molecular complexity index is 1020. The number of hydrogen-bond acceptors (Lipinski definition) is 5. The van der Waals surface area contributed by atoms with Crippen molar-refractivity contribution in [2.45, 2.75) is 19.4 Å². The van der Waals surface area contributed by atoms with Gasteiger partial charge in [0.1, 0.15) is 11.4 Å². The first kappa shape index (κ1) is 17.1. The van der Waals surface area contributed by atoms with Gasteiger partial charge in [0, 0.05) is 18.1 Å². The van der Waals surface area contributed by atoms with Gasteiger partial charge in [-0.3, -0.25) is 14.2 Å². The number of aromatic nitrogens is 2. The van der Waals surface area contributed by atoms with E-state index in [9.17, 15) is 9.59 Å². The Morgan fingerprint density at radius 1 is 1.27 bits per heavy atom. The van der Waals surface area contributed by atoms with E-state index < -0.39 is 0 Å². The Balaban J connectivity index is 1.57. The number of hydrogen-bond donors (Lipinski definition) is 1. The van der Waals surface area contributed by atoms with Crippen molar-refractivity contribution in [2.24, 2.45) is 0 Å². The Labute approximate surface area is 159 Å². The molecule has 1 N–H and O–H groups in total. The molecule has 0 bridgehead atoms. The van der Waals surface area contributed by atoms with Crippen LogP contribution in [0.2, 0.25) is 5.02 Å². The molecule has 4 rings (SSSR count). The van der Waals surface area contributed by atoms with Crippen LogP contribution in [0.1, 0.15) is 12.8 Å². The number of rotatable bonds is 4. The zero-order chi connectivity index (χ0) is 18.1. The van der Waals surface area contributed by atoms with Gasteiger partial charge in [0.05, 0.1) is 23.1 Å². The number of carbonyl (C=O) groups is 1. The highest BCUT2D eigenvalue weighted by atomic mass is 35.5. The number of nitrogens with one attached hydrogen (secondary N) is 1. The molecule has 1 fully saturated rings. The summed E-state index contributed by atoms with van der Waals surface area (Å²) < 4.78 is 1.32. The van der Waals surface area contributed by atoms with Gasteiger partial charge in [0.25, 0.3) is 5.56 Å². The molecule has 0 atom stereocenters. The quantitative estimate of drug-likeness (QED) is 0.744.